The first kappa shape index (κ1) is 32.2. The molecule has 12 heteroatoms. The van der Waals surface area contributed by atoms with E-state index < -0.39 is 11.0 Å². The summed E-state index contributed by atoms with van der Waals surface area (Å²) in [4.78, 5) is 28.2. The van der Waals surface area contributed by atoms with Crippen molar-refractivity contribution in [1.82, 2.24) is 9.80 Å². The number of likely N-dealkylation sites (tertiary alicyclic amines) is 1. The van der Waals surface area contributed by atoms with Gasteiger partial charge in [-0.05, 0) is 29.7 Å². The van der Waals surface area contributed by atoms with Gasteiger partial charge in [-0.3, -0.25) is 19.8 Å². The van der Waals surface area contributed by atoms with Crippen LogP contribution in [-0.4, -0.2) is 100 Å². The van der Waals surface area contributed by atoms with E-state index in [9.17, 15) is 14.9 Å². The fourth-order valence-electron chi connectivity index (χ4n) is 4.50. The molecule has 2 unspecified atom stereocenters. The molecule has 0 spiro atoms. The molecule has 1 saturated heterocycles. The van der Waals surface area contributed by atoms with Gasteiger partial charge in [0, 0.05) is 45.9 Å². The molecule has 0 bridgehead atoms. The van der Waals surface area contributed by atoms with E-state index in [-0.39, 0.29) is 24.1 Å². The maximum absolute atomic E-state index is 13.3. The zero-order chi connectivity index (χ0) is 28.9. The molecular formula is C28H37Cl2N3O7. The van der Waals surface area contributed by atoms with Crippen LogP contribution in [0.3, 0.4) is 0 Å². The molecule has 220 valence electrons. The first-order valence-corrected chi connectivity index (χ1v) is 14.0. The number of rotatable bonds is 17. The molecule has 3 rings (SSSR count). The Balaban J connectivity index is 1.57. The van der Waals surface area contributed by atoms with Gasteiger partial charge in [0.05, 0.1) is 73.2 Å². The summed E-state index contributed by atoms with van der Waals surface area (Å²) in [7, 11) is 3.36. The van der Waals surface area contributed by atoms with Crippen molar-refractivity contribution in [3.05, 3.63) is 73.8 Å². The zero-order valence-electron chi connectivity index (χ0n) is 22.9. The van der Waals surface area contributed by atoms with Crippen LogP contribution in [0.5, 0.6) is 0 Å². The van der Waals surface area contributed by atoms with E-state index in [1.807, 2.05) is 6.07 Å². The highest BCUT2D eigenvalue weighted by Crippen LogP contribution is 2.28. The van der Waals surface area contributed by atoms with Gasteiger partial charge in [-0.2, -0.15) is 0 Å². The monoisotopic (exact) mass is 597 g/mol. The van der Waals surface area contributed by atoms with Crippen LogP contribution in [-0.2, 0) is 30.2 Å². The highest BCUT2D eigenvalue weighted by atomic mass is 35.5. The first-order valence-electron chi connectivity index (χ1n) is 13.2. The van der Waals surface area contributed by atoms with Crippen LogP contribution >= 0.6 is 23.2 Å². The van der Waals surface area contributed by atoms with Gasteiger partial charge >= 0.3 is 0 Å². The third-order valence-corrected chi connectivity index (χ3v) is 7.45. The number of carbonyl (C=O) groups excluding carboxylic acids is 1. The first-order chi connectivity index (χ1) is 19.3. The summed E-state index contributed by atoms with van der Waals surface area (Å²) in [5, 5.41) is 12.2. The van der Waals surface area contributed by atoms with Crippen LogP contribution in [0.4, 0.5) is 5.69 Å². The molecule has 2 aromatic rings. The number of nitrogens with zero attached hydrogens (tertiary/aromatic N) is 3. The number of hydrogen-bond donors (Lipinski definition) is 0. The molecule has 10 nitrogen and oxygen atoms in total. The average molecular weight is 599 g/mol. The van der Waals surface area contributed by atoms with Crippen molar-refractivity contribution in [3.63, 3.8) is 0 Å². The Kier molecular flexibility index (Phi) is 13.6. The molecule has 1 aliphatic rings. The molecule has 2 aromatic carbocycles. The van der Waals surface area contributed by atoms with Crippen LogP contribution in [0.15, 0.2) is 42.5 Å². The summed E-state index contributed by atoms with van der Waals surface area (Å²) in [6.07, 6.45) is 1.02. The second kappa shape index (κ2) is 16.8. The van der Waals surface area contributed by atoms with E-state index in [4.69, 9.17) is 42.1 Å². The van der Waals surface area contributed by atoms with Gasteiger partial charge < -0.3 is 23.8 Å². The quantitative estimate of drug-likeness (QED) is 0.150. The Morgan fingerprint density at radius 1 is 1.07 bits per heavy atom. The number of likely N-dealkylation sites (N-methyl/N-ethyl adjacent to an activating group) is 1. The number of halogens is 2. The zero-order valence-corrected chi connectivity index (χ0v) is 24.4. The fourth-order valence-corrected chi connectivity index (χ4v) is 4.82. The van der Waals surface area contributed by atoms with E-state index in [0.29, 0.717) is 68.3 Å². The van der Waals surface area contributed by atoms with Crippen LogP contribution in [0.1, 0.15) is 23.6 Å². The van der Waals surface area contributed by atoms with Gasteiger partial charge in [0.25, 0.3) is 5.69 Å². The lowest BCUT2D eigenvalue weighted by Gasteiger charge is -2.32. The number of nitro benzene ring substituents is 1. The van der Waals surface area contributed by atoms with Gasteiger partial charge in [0.1, 0.15) is 0 Å². The number of amides is 1. The Hall–Kier alpha value is -2.31. The third-order valence-electron chi connectivity index (χ3n) is 6.71. The normalized spacial score (nSPS) is 16.2. The van der Waals surface area contributed by atoms with Crippen molar-refractivity contribution in [3.8, 4) is 0 Å². The van der Waals surface area contributed by atoms with Crippen molar-refractivity contribution < 1.29 is 28.7 Å². The minimum absolute atomic E-state index is 0.0143. The summed E-state index contributed by atoms with van der Waals surface area (Å²) < 4.78 is 21.9. The van der Waals surface area contributed by atoms with Crippen molar-refractivity contribution in [2.45, 2.75) is 25.0 Å². The molecule has 1 amide bonds. The van der Waals surface area contributed by atoms with E-state index in [1.54, 1.807) is 43.3 Å². The smallest absolute Gasteiger partial charge is 0.269 e. The Morgan fingerprint density at radius 2 is 1.80 bits per heavy atom. The number of ether oxygens (including phenoxy) is 4. The molecule has 0 aromatic heterocycles. The Morgan fingerprint density at radius 3 is 2.50 bits per heavy atom. The van der Waals surface area contributed by atoms with Crippen LogP contribution in [0.2, 0.25) is 10.0 Å². The SMILES string of the molecule is COCCOCCOCCOC1CCN(CC(c2cccc([N+](=O)[O-])c2)N(C)C(=O)Cc2ccc(Cl)c(Cl)c2)C1. The van der Waals surface area contributed by atoms with E-state index >= 15 is 0 Å². The summed E-state index contributed by atoms with van der Waals surface area (Å²) in [6, 6.07) is 11.2. The van der Waals surface area contributed by atoms with Crippen molar-refractivity contribution in [1.29, 1.82) is 0 Å². The third kappa shape index (κ3) is 10.3. The second-order valence-electron chi connectivity index (χ2n) is 9.56. The van der Waals surface area contributed by atoms with E-state index in [2.05, 4.69) is 4.90 Å². The number of non-ortho nitro benzene ring substituents is 1. The predicted molar refractivity (Wildman–Crippen MR) is 153 cm³/mol. The maximum Gasteiger partial charge on any atom is 0.269 e. The maximum atomic E-state index is 13.3. The molecule has 2 atom stereocenters. The lowest BCUT2D eigenvalue weighted by atomic mass is 10.0. The lowest BCUT2D eigenvalue weighted by Crippen LogP contribution is -2.39. The molecule has 0 N–H and O–H groups in total. The van der Waals surface area contributed by atoms with Gasteiger partial charge in [-0.25, -0.2) is 0 Å². The molecule has 1 heterocycles. The van der Waals surface area contributed by atoms with Gasteiger partial charge in [0.15, 0.2) is 0 Å². The van der Waals surface area contributed by atoms with Gasteiger partial charge in [-0.15, -0.1) is 0 Å². The molecule has 1 aliphatic heterocycles. The predicted octanol–water partition coefficient (Wildman–Crippen LogP) is 4.41. The number of benzene rings is 2. The summed E-state index contributed by atoms with van der Waals surface area (Å²) in [5.41, 5.74) is 1.42. The number of carbonyl (C=O) groups is 1. The van der Waals surface area contributed by atoms with Crippen LogP contribution in [0.25, 0.3) is 0 Å². The Bertz CT molecular complexity index is 1110. The lowest BCUT2D eigenvalue weighted by molar-refractivity contribution is -0.385. The fraction of sp³-hybridized carbons (Fsp3) is 0.536. The molecule has 0 aliphatic carbocycles. The molecular weight excluding hydrogens is 561 g/mol. The van der Waals surface area contributed by atoms with Crippen LogP contribution in [0, 0.1) is 10.1 Å². The highest BCUT2D eigenvalue weighted by molar-refractivity contribution is 6.42. The molecule has 40 heavy (non-hydrogen) atoms. The standard InChI is InChI=1S/C28H37Cl2N3O7/c1-31(28(34)17-21-6-7-25(29)26(30)16-21)27(22-4-3-5-23(18-22)33(35)36)20-32-9-8-24(19-32)40-15-14-39-13-12-38-11-10-37-2/h3-7,16,18,24,27H,8-15,17,19-20H2,1-2H3. The van der Waals surface area contributed by atoms with E-state index in [0.717, 1.165) is 18.5 Å². The van der Waals surface area contributed by atoms with Crippen molar-refractivity contribution >= 4 is 34.8 Å². The van der Waals surface area contributed by atoms with Crippen molar-refractivity contribution in [2.24, 2.45) is 0 Å². The average Bonchev–Trinajstić information content (AvgIpc) is 3.39. The number of methoxy groups -OCH3 is 1. The number of hydrogen-bond acceptors (Lipinski definition) is 8. The minimum Gasteiger partial charge on any atom is -0.382 e. The van der Waals surface area contributed by atoms with Gasteiger partial charge in [-0.1, -0.05) is 41.4 Å². The Labute approximate surface area is 245 Å². The molecule has 0 saturated carbocycles. The van der Waals surface area contributed by atoms with Gasteiger partial charge in [0.2, 0.25) is 5.91 Å². The largest absolute Gasteiger partial charge is 0.382 e. The topological polar surface area (TPSA) is 104 Å². The highest BCUT2D eigenvalue weighted by Gasteiger charge is 2.30. The van der Waals surface area contributed by atoms with E-state index in [1.165, 1.54) is 12.1 Å². The minimum atomic E-state index is -0.425. The second-order valence-corrected chi connectivity index (χ2v) is 10.4. The van der Waals surface area contributed by atoms with Crippen molar-refractivity contribution in [2.75, 3.05) is 73.4 Å². The molecule has 0 radical (unpaired) electrons. The summed E-state index contributed by atoms with van der Waals surface area (Å²) >= 11 is 12.2. The summed E-state index contributed by atoms with van der Waals surface area (Å²) in [5.74, 6) is -0.134. The van der Waals surface area contributed by atoms with Crippen LogP contribution < -0.4 is 0 Å². The summed E-state index contributed by atoms with van der Waals surface area (Å²) in [6.45, 7) is 5.07. The number of nitro groups is 1. The molecule has 1 fully saturated rings.